The number of hydrogen-bond acceptors (Lipinski definition) is 10. The van der Waals surface area contributed by atoms with E-state index >= 15 is 0 Å². The van der Waals surface area contributed by atoms with Gasteiger partial charge in [-0.1, -0.05) is 12.1 Å². The number of aliphatic carboxylic acids is 1. The van der Waals surface area contributed by atoms with E-state index in [0.29, 0.717) is 24.2 Å². The van der Waals surface area contributed by atoms with Gasteiger partial charge in [-0.2, -0.15) is 31.4 Å². The van der Waals surface area contributed by atoms with Gasteiger partial charge in [0.1, 0.15) is 30.0 Å². The van der Waals surface area contributed by atoms with Crippen molar-refractivity contribution >= 4 is 5.97 Å². The maximum atomic E-state index is 13.6. The molecule has 2 saturated heterocycles. The number of aliphatic hydroxyl groups is 3. The third-order valence-corrected chi connectivity index (χ3v) is 7.94. The van der Waals surface area contributed by atoms with Crippen molar-refractivity contribution in [2.75, 3.05) is 13.2 Å². The average molecular weight is 727 g/mol. The first-order valence-corrected chi connectivity index (χ1v) is 14.9. The number of halogens is 7. The molecule has 6 N–H and O–H groups in total. The molecule has 13 nitrogen and oxygen atoms in total. The van der Waals surface area contributed by atoms with Crippen LogP contribution in [0.15, 0.2) is 47.3 Å². The van der Waals surface area contributed by atoms with Crippen molar-refractivity contribution in [1.29, 1.82) is 0 Å². The molecule has 0 unspecified atom stereocenters. The fourth-order valence-corrected chi connectivity index (χ4v) is 5.33. The van der Waals surface area contributed by atoms with Crippen LogP contribution in [0.1, 0.15) is 54.1 Å². The number of carboxylic acid groups (broad SMARTS) is 1. The van der Waals surface area contributed by atoms with E-state index in [0.717, 1.165) is 0 Å². The van der Waals surface area contributed by atoms with Gasteiger partial charge in [-0.25, -0.2) is 19.1 Å². The number of carboxylic acids is 1. The van der Waals surface area contributed by atoms with Gasteiger partial charge in [-0.3, -0.25) is 9.88 Å². The molecule has 0 spiro atoms. The van der Waals surface area contributed by atoms with E-state index in [1.807, 2.05) is 0 Å². The molecule has 2 fully saturated rings. The highest BCUT2D eigenvalue weighted by atomic mass is 19.4. The van der Waals surface area contributed by atoms with E-state index < -0.39 is 89.9 Å². The lowest BCUT2D eigenvalue weighted by molar-refractivity contribution is -0.231. The summed E-state index contributed by atoms with van der Waals surface area (Å²) in [7, 11) is 0. The summed E-state index contributed by atoms with van der Waals surface area (Å²) in [5, 5.41) is 42.2. The highest BCUT2D eigenvalue weighted by Crippen LogP contribution is 2.40. The van der Waals surface area contributed by atoms with Gasteiger partial charge < -0.3 is 34.6 Å². The summed E-state index contributed by atoms with van der Waals surface area (Å²) < 4.78 is 110. The van der Waals surface area contributed by atoms with Crippen molar-refractivity contribution < 1.29 is 70.2 Å². The number of aliphatic hydroxyl groups excluding tert-OH is 3. The molecule has 3 aromatic rings. The number of ether oxygens (including phenoxy) is 3. The summed E-state index contributed by atoms with van der Waals surface area (Å²) in [4.78, 5) is 26.2. The number of morpholine rings is 1. The van der Waals surface area contributed by atoms with Crippen molar-refractivity contribution in [3.8, 4) is 0 Å². The normalized spacial score (nSPS) is 26.9. The number of aromatic amines is 2. The van der Waals surface area contributed by atoms with E-state index in [4.69, 9.17) is 19.3 Å². The monoisotopic (exact) mass is 726 g/mol. The zero-order valence-electron chi connectivity index (χ0n) is 26.2. The van der Waals surface area contributed by atoms with E-state index in [1.54, 1.807) is 4.90 Å². The van der Waals surface area contributed by atoms with E-state index in [1.165, 1.54) is 38.1 Å². The summed E-state index contributed by atoms with van der Waals surface area (Å²) in [5.74, 6) is -1.60. The standard InChI is InChI=1S/C23H21F7N4O3.C7H12O6/c1-12(14-8-15(22(25,26)27)10-16(9-14)23(28,29)30)37-20-19(13-2-4-17(24)5-3-13)34(6-7-36-20)11-18-31-21(35)33-32-18;1-2-3(8)4(9)5(10)6(13-2)7(11)12/h2-5,8-10,12,19-20H,6-7,11H2,1H3,(H2,31,32,33,35);2-6,8-10H,1H3,(H,11,12)/t12-,19+,20-;2-,3-,4+,5-,6-/m10/s1. The number of carbonyl (C=O) groups is 1. The second-order valence-electron chi connectivity index (χ2n) is 11.5. The predicted octanol–water partition coefficient (Wildman–Crippen LogP) is 2.89. The van der Waals surface area contributed by atoms with Gasteiger partial charge in [-0.15, -0.1) is 0 Å². The Balaban J connectivity index is 0.000000363. The Morgan fingerprint density at radius 3 is 2.14 bits per heavy atom. The molecule has 0 radical (unpaired) electrons. The summed E-state index contributed by atoms with van der Waals surface area (Å²) in [6.07, 6.45) is -19.0. The molecule has 0 bridgehead atoms. The second-order valence-corrected chi connectivity index (χ2v) is 11.5. The molecule has 0 saturated carbocycles. The summed E-state index contributed by atoms with van der Waals surface area (Å²) in [6.45, 7) is 3.24. The maximum absolute atomic E-state index is 13.6. The molecular formula is C30H33F7N4O9. The van der Waals surface area contributed by atoms with Gasteiger partial charge in [0.2, 0.25) is 0 Å². The highest BCUT2D eigenvalue weighted by Gasteiger charge is 2.45. The van der Waals surface area contributed by atoms with E-state index in [-0.39, 0.29) is 30.6 Å². The van der Waals surface area contributed by atoms with Crippen LogP contribution in [0, 0.1) is 5.82 Å². The Morgan fingerprint density at radius 1 is 1.02 bits per heavy atom. The van der Waals surface area contributed by atoms with Crippen LogP contribution in [0.3, 0.4) is 0 Å². The van der Waals surface area contributed by atoms with Crippen LogP contribution in [0.2, 0.25) is 0 Å². The molecule has 50 heavy (non-hydrogen) atoms. The SMILES string of the molecule is C[C@@H](O[C@H]1OCCN(Cc2n[nH]c(=O)[nH]2)[C@H]1c1ccc(F)cc1)c1cc(C(F)(F)F)cc(C(F)(F)F)c1.C[C@@H]1O[C@H](C(=O)O)[C@@H](O)[C@H](O)[C@H]1O. The Labute approximate surface area is 278 Å². The van der Waals surface area contributed by atoms with Crippen LogP contribution < -0.4 is 5.69 Å². The molecule has 1 aromatic heterocycles. The number of H-pyrrole nitrogens is 2. The lowest BCUT2D eigenvalue weighted by Crippen LogP contribution is -2.58. The molecule has 8 atom stereocenters. The van der Waals surface area contributed by atoms with Gasteiger partial charge in [-0.05, 0) is 55.3 Å². The largest absolute Gasteiger partial charge is 0.479 e. The van der Waals surface area contributed by atoms with Crippen LogP contribution in [0.5, 0.6) is 0 Å². The van der Waals surface area contributed by atoms with Gasteiger partial charge >= 0.3 is 24.0 Å². The van der Waals surface area contributed by atoms with Gasteiger partial charge in [0.05, 0.1) is 42.5 Å². The number of hydrogen-bond donors (Lipinski definition) is 6. The Bertz CT molecular complexity index is 1620. The Morgan fingerprint density at radius 2 is 1.62 bits per heavy atom. The quantitative estimate of drug-likeness (QED) is 0.197. The van der Waals surface area contributed by atoms with Crippen molar-refractivity contribution in [3.63, 3.8) is 0 Å². The van der Waals surface area contributed by atoms with Gasteiger partial charge in [0.15, 0.2) is 12.4 Å². The van der Waals surface area contributed by atoms with Gasteiger partial charge in [0, 0.05) is 6.54 Å². The molecular weight excluding hydrogens is 693 g/mol. The molecule has 3 heterocycles. The predicted molar refractivity (Wildman–Crippen MR) is 154 cm³/mol. The van der Waals surface area contributed by atoms with Crippen LogP contribution >= 0.6 is 0 Å². The third kappa shape index (κ3) is 9.44. The minimum Gasteiger partial charge on any atom is -0.479 e. The van der Waals surface area contributed by atoms with E-state index in [9.17, 15) is 55.6 Å². The van der Waals surface area contributed by atoms with Crippen molar-refractivity contribution in [3.05, 3.63) is 86.8 Å². The molecule has 2 aliphatic heterocycles. The molecule has 0 aliphatic carbocycles. The lowest BCUT2D eigenvalue weighted by Gasteiger charge is -2.41. The minimum atomic E-state index is -5.01. The third-order valence-electron chi connectivity index (χ3n) is 7.94. The molecule has 20 heteroatoms. The Hall–Kier alpha value is -3.92. The molecule has 276 valence electrons. The van der Waals surface area contributed by atoms with Crippen LogP contribution in [-0.4, -0.2) is 96.4 Å². The molecule has 5 rings (SSSR count). The van der Waals surface area contributed by atoms with E-state index in [2.05, 4.69) is 15.2 Å². The maximum Gasteiger partial charge on any atom is 0.416 e. The first kappa shape index (κ1) is 38.9. The minimum absolute atomic E-state index is 0.0427. The topological polar surface area (TPSA) is 190 Å². The first-order valence-electron chi connectivity index (χ1n) is 14.9. The molecule has 0 amide bonds. The number of rotatable bonds is 7. The number of nitrogens with zero attached hydrogens (tertiary/aromatic N) is 2. The zero-order chi connectivity index (χ0) is 37.1. The number of nitrogens with one attached hydrogen (secondary N) is 2. The first-order chi connectivity index (χ1) is 23.3. The number of alkyl halides is 6. The van der Waals surface area contributed by atoms with Crippen molar-refractivity contribution in [2.45, 2.75) is 81.7 Å². The fourth-order valence-electron chi connectivity index (χ4n) is 5.33. The summed E-state index contributed by atoms with van der Waals surface area (Å²) in [5.41, 5.74) is -3.30. The lowest BCUT2D eigenvalue weighted by atomic mass is 9.96. The van der Waals surface area contributed by atoms with Crippen molar-refractivity contribution in [2.24, 2.45) is 0 Å². The smallest absolute Gasteiger partial charge is 0.416 e. The number of aromatic nitrogens is 3. The van der Waals surface area contributed by atoms with Crippen molar-refractivity contribution in [1.82, 2.24) is 20.1 Å². The van der Waals surface area contributed by atoms with Crippen LogP contribution in [0.25, 0.3) is 0 Å². The Kier molecular flexibility index (Phi) is 12.1. The average Bonchev–Trinajstić information content (AvgIpc) is 3.45. The molecule has 2 aromatic carbocycles. The van der Waals surface area contributed by atoms with Crippen LogP contribution in [-0.2, 0) is 37.9 Å². The zero-order valence-corrected chi connectivity index (χ0v) is 26.2. The fraction of sp³-hybridized carbons (Fsp3) is 0.500. The number of benzene rings is 2. The second kappa shape index (κ2) is 15.5. The van der Waals surface area contributed by atoms with Gasteiger partial charge in [0.25, 0.3) is 0 Å². The van der Waals surface area contributed by atoms with Crippen LogP contribution in [0.4, 0.5) is 30.7 Å². The highest BCUT2D eigenvalue weighted by molar-refractivity contribution is 5.73. The summed E-state index contributed by atoms with van der Waals surface area (Å²) in [6, 6.07) is 5.79. The molecule has 2 aliphatic rings. The summed E-state index contributed by atoms with van der Waals surface area (Å²) >= 11 is 0.